The van der Waals surface area contributed by atoms with Crippen LogP contribution in [0.5, 0.6) is 0 Å². The summed E-state index contributed by atoms with van der Waals surface area (Å²) in [5, 5.41) is 3.60. The van der Waals surface area contributed by atoms with Crippen molar-refractivity contribution in [2.24, 2.45) is 11.8 Å². The van der Waals surface area contributed by atoms with Crippen LogP contribution < -0.4 is 5.32 Å². The van der Waals surface area contributed by atoms with E-state index in [-0.39, 0.29) is 0 Å². The molecule has 2 heteroatoms. The molecular formula is C14H30N2. The molecule has 1 rings (SSSR count). The molecule has 0 aromatic rings. The van der Waals surface area contributed by atoms with Crippen molar-refractivity contribution < 1.29 is 0 Å². The normalized spacial score (nSPS) is 29.2. The minimum atomic E-state index is 0.594. The third-order valence-corrected chi connectivity index (χ3v) is 3.76. The Labute approximate surface area is 102 Å². The van der Waals surface area contributed by atoms with Crippen LogP contribution in [0.4, 0.5) is 0 Å². The van der Waals surface area contributed by atoms with Crippen LogP contribution in [0.1, 0.15) is 48.0 Å². The predicted molar refractivity (Wildman–Crippen MR) is 71.7 cm³/mol. The molecule has 0 radical (unpaired) electrons. The van der Waals surface area contributed by atoms with E-state index in [1.54, 1.807) is 0 Å². The fourth-order valence-electron chi connectivity index (χ4n) is 2.89. The second-order valence-corrected chi connectivity index (χ2v) is 6.26. The van der Waals surface area contributed by atoms with Crippen LogP contribution in [0.2, 0.25) is 0 Å². The van der Waals surface area contributed by atoms with E-state index >= 15 is 0 Å². The van der Waals surface area contributed by atoms with Gasteiger partial charge in [0.05, 0.1) is 0 Å². The van der Waals surface area contributed by atoms with E-state index in [9.17, 15) is 0 Å². The highest BCUT2D eigenvalue weighted by Gasteiger charge is 2.32. The van der Waals surface area contributed by atoms with Gasteiger partial charge >= 0.3 is 0 Å². The van der Waals surface area contributed by atoms with Crippen LogP contribution in [-0.2, 0) is 0 Å². The minimum absolute atomic E-state index is 0.594. The monoisotopic (exact) mass is 226 g/mol. The minimum Gasteiger partial charge on any atom is -0.313 e. The van der Waals surface area contributed by atoms with Crippen molar-refractivity contribution in [2.45, 2.75) is 66.1 Å². The van der Waals surface area contributed by atoms with Crippen molar-refractivity contribution in [2.75, 3.05) is 13.1 Å². The summed E-state index contributed by atoms with van der Waals surface area (Å²) in [6.45, 7) is 16.3. The van der Waals surface area contributed by atoms with Crippen LogP contribution in [0.15, 0.2) is 0 Å². The number of nitrogens with zero attached hydrogens (tertiary/aromatic N) is 1. The first kappa shape index (κ1) is 14.0. The Hall–Kier alpha value is -0.0800. The molecule has 0 aliphatic carbocycles. The van der Waals surface area contributed by atoms with Gasteiger partial charge in [-0.3, -0.25) is 4.90 Å². The highest BCUT2D eigenvalue weighted by molar-refractivity contribution is 4.88. The molecule has 0 saturated carbocycles. The lowest BCUT2D eigenvalue weighted by molar-refractivity contribution is 0.141. The second kappa shape index (κ2) is 6.02. The van der Waals surface area contributed by atoms with Gasteiger partial charge in [-0.25, -0.2) is 0 Å². The summed E-state index contributed by atoms with van der Waals surface area (Å²) in [4.78, 5) is 2.71. The smallest absolute Gasteiger partial charge is 0.0246 e. The van der Waals surface area contributed by atoms with E-state index in [2.05, 4.69) is 51.8 Å². The Kier molecular flexibility index (Phi) is 5.26. The summed E-state index contributed by atoms with van der Waals surface area (Å²) >= 11 is 0. The van der Waals surface area contributed by atoms with Gasteiger partial charge in [-0.2, -0.15) is 0 Å². The Balaban J connectivity index is 2.55. The zero-order chi connectivity index (χ0) is 12.3. The number of nitrogens with one attached hydrogen (secondary N) is 1. The molecule has 3 atom stereocenters. The van der Waals surface area contributed by atoms with Crippen molar-refractivity contribution in [3.05, 3.63) is 0 Å². The first-order valence-corrected chi connectivity index (χ1v) is 6.91. The van der Waals surface area contributed by atoms with Gasteiger partial charge in [0.2, 0.25) is 0 Å². The topological polar surface area (TPSA) is 15.3 Å². The third kappa shape index (κ3) is 3.74. The molecule has 1 saturated heterocycles. The third-order valence-electron chi connectivity index (χ3n) is 3.76. The average molecular weight is 226 g/mol. The molecule has 0 amide bonds. The molecule has 16 heavy (non-hydrogen) atoms. The summed E-state index contributed by atoms with van der Waals surface area (Å²) in [7, 11) is 0. The Morgan fingerprint density at radius 2 is 1.81 bits per heavy atom. The maximum atomic E-state index is 3.60. The molecule has 0 aromatic carbocycles. The van der Waals surface area contributed by atoms with E-state index in [0.717, 1.165) is 24.4 Å². The number of likely N-dealkylation sites (tertiary alicyclic amines) is 1. The number of rotatable bonds is 5. The highest BCUT2D eigenvalue weighted by Crippen LogP contribution is 2.27. The number of hydrogen-bond donors (Lipinski definition) is 1. The van der Waals surface area contributed by atoms with E-state index in [1.807, 2.05) is 0 Å². The van der Waals surface area contributed by atoms with Crippen LogP contribution >= 0.6 is 0 Å². The Bertz CT molecular complexity index is 201. The molecule has 0 aromatic heterocycles. The molecule has 1 N–H and O–H groups in total. The maximum Gasteiger partial charge on any atom is 0.0246 e. The second-order valence-electron chi connectivity index (χ2n) is 6.26. The highest BCUT2D eigenvalue weighted by atomic mass is 15.2. The predicted octanol–water partition coefficient (Wildman–Crippen LogP) is 2.74. The zero-order valence-corrected chi connectivity index (χ0v) is 12.0. The average Bonchev–Trinajstić information content (AvgIpc) is 2.45. The van der Waals surface area contributed by atoms with Crippen molar-refractivity contribution in [1.82, 2.24) is 10.2 Å². The Morgan fingerprint density at radius 1 is 1.19 bits per heavy atom. The summed E-state index contributed by atoms with van der Waals surface area (Å²) in [6, 6.07) is 2.05. The van der Waals surface area contributed by atoms with Gasteiger partial charge in [0.15, 0.2) is 0 Å². The first-order chi connectivity index (χ1) is 7.41. The summed E-state index contributed by atoms with van der Waals surface area (Å²) in [6.07, 6.45) is 1.37. The molecular weight excluding hydrogens is 196 g/mol. The van der Waals surface area contributed by atoms with Crippen LogP contribution in [0.25, 0.3) is 0 Å². The van der Waals surface area contributed by atoms with E-state index in [4.69, 9.17) is 0 Å². The molecule has 1 aliphatic rings. The van der Waals surface area contributed by atoms with E-state index < -0.39 is 0 Å². The first-order valence-electron chi connectivity index (χ1n) is 6.91. The lowest BCUT2D eigenvalue weighted by Gasteiger charge is -2.35. The van der Waals surface area contributed by atoms with Crippen LogP contribution in [-0.4, -0.2) is 36.1 Å². The molecule has 1 aliphatic heterocycles. The fraction of sp³-hybridized carbons (Fsp3) is 1.00. The largest absolute Gasteiger partial charge is 0.313 e. The molecule has 1 fully saturated rings. The molecule has 2 nitrogen and oxygen atoms in total. The van der Waals surface area contributed by atoms with Gasteiger partial charge in [-0.05, 0) is 25.2 Å². The van der Waals surface area contributed by atoms with Gasteiger partial charge < -0.3 is 5.32 Å². The molecule has 96 valence electrons. The molecule has 0 bridgehead atoms. The van der Waals surface area contributed by atoms with Gasteiger partial charge in [-0.15, -0.1) is 0 Å². The van der Waals surface area contributed by atoms with E-state index in [1.165, 1.54) is 13.0 Å². The summed E-state index contributed by atoms with van der Waals surface area (Å²) < 4.78 is 0. The molecule has 3 unspecified atom stereocenters. The lowest BCUT2D eigenvalue weighted by atomic mass is 10.0. The summed E-state index contributed by atoms with van der Waals surface area (Å²) in [5.41, 5.74) is 0. The summed E-state index contributed by atoms with van der Waals surface area (Å²) in [5.74, 6) is 1.61. The quantitative estimate of drug-likeness (QED) is 0.775. The number of hydrogen-bond acceptors (Lipinski definition) is 2. The zero-order valence-electron chi connectivity index (χ0n) is 12.0. The van der Waals surface area contributed by atoms with E-state index in [0.29, 0.717) is 12.1 Å². The van der Waals surface area contributed by atoms with Crippen molar-refractivity contribution in [3.63, 3.8) is 0 Å². The fourth-order valence-corrected chi connectivity index (χ4v) is 2.89. The standard InChI is InChI=1S/C14H30N2/c1-10(2)14(8-15-11(3)4)16-9-12(5)7-13(16)6/h10-15H,7-9H2,1-6H3. The SMILES string of the molecule is CC1CC(C)N(C(CNC(C)C)C(C)C)C1. The van der Waals surface area contributed by atoms with Crippen LogP contribution in [0.3, 0.4) is 0 Å². The Morgan fingerprint density at radius 3 is 2.19 bits per heavy atom. The van der Waals surface area contributed by atoms with Gasteiger partial charge in [0, 0.05) is 31.2 Å². The van der Waals surface area contributed by atoms with Crippen LogP contribution in [0, 0.1) is 11.8 Å². The lowest BCUT2D eigenvalue weighted by Crippen LogP contribution is -2.48. The van der Waals surface area contributed by atoms with Crippen molar-refractivity contribution >= 4 is 0 Å². The molecule has 1 heterocycles. The van der Waals surface area contributed by atoms with Crippen molar-refractivity contribution in [1.29, 1.82) is 0 Å². The van der Waals surface area contributed by atoms with Gasteiger partial charge in [0.25, 0.3) is 0 Å². The van der Waals surface area contributed by atoms with Gasteiger partial charge in [0.1, 0.15) is 0 Å². The van der Waals surface area contributed by atoms with Crippen molar-refractivity contribution in [3.8, 4) is 0 Å². The van der Waals surface area contributed by atoms with Gasteiger partial charge in [-0.1, -0.05) is 34.6 Å². The molecule has 0 spiro atoms. The maximum absolute atomic E-state index is 3.60.